The molecule has 29 heavy (non-hydrogen) atoms. The van der Waals surface area contributed by atoms with Crippen LogP contribution in [-0.2, 0) is 4.79 Å². The quantitative estimate of drug-likeness (QED) is 0.502. The molecule has 2 aromatic carbocycles. The Morgan fingerprint density at radius 3 is 2.34 bits per heavy atom. The molecule has 2 aromatic rings. The molecule has 2 atom stereocenters. The van der Waals surface area contributed by atoms with E-state index in [2.05, 4.69) is 10.6 Å². The normalized spacial score (nSPS) is 12.9. The molecule has 154 valence electrons. The summed E-state index contributed by atoms with van der Waals surface area (Å²) >= 11 is 5.79. The Kier molecular flexibility index (Phi) is 7.73. The van der Waals surface area contributed by atoms with Gasteiger partial charge in [0.05, 0.1) is 4.92 Å². The van der Waals surface area contributed by atoms with Crippen molar-refractivity contribution in [1.29, 1.82) is 0 Å². The van der Waals surface area contributed by atoms with Gasteiger partial charge in [-0.05, 0) is 29.5 Å². The summed E-state index contributed by atoms with van der Waals surface area (Å²) in [7, 11) is 0. The van der Waals surface area contributed by atoms with Crippen LogP contribution in [0.2, 0.25) is 5.02 Å². The number of nitro benzene ring substituents is 1. The van der Waals surface area contributed by atoms with Crippen molar-refractivity contribution in [2.45, 2.75) is 32.7 Å². The highest BCUT2D eigenvalue weighted by atomic mass is 35.5. The van der Waals surface area contributed by atoms with E-state index in [1.807, 2.05) is 51.1 Å². The maximum Gasteiger partial charge on any atom is 0.288 e. The van der Waals surface area contributed by atoms with E-state index in [4.69, 9.17) is 11.6 Å². The molecule has 0 fully saturated rings. The van der Waals surface area contributed by atoms with Crippen molar-refractivity contribution in [2.24, 2.45) is 5.92 Å². The zero-order valence-corrected chi connectivity index (χ0v) is 17.3. The van der Waals surface area contributed by atoms with E-state index < -0.39 is 16.9 Å². The van der Waals surface area contributed by atoms with Crippen molar-refractivity contribution in [3.8, 4) is 0 Å². The monoisotopic (exact) mass is 417 g/mol. The zero-order valence-electron chi connectivity index (χ0n) is 16.5. The summed E-state index contributed by atoms with van der Waals surface area (Å²) in [6.07, 6.45) is 0. The van der Waals surface area contributed by atoms with Crippen LogP contribution in [0.1, 0.15) is 42.6 Å². The molecule has 0 aliphatic rings. The highest BCUT2D eigenvalue weighted by molar-refractivity contribution is 6.32. The predicted octanol–water partition coefficient (Wildman–Crippen LogP) is 3.92. The van der Waals surface area contributed by atoms with Crippen molar-refractivity contribution in [2.75, 3.05) is 6.54 Å². The van der Waals surface area contributed by atoms with Gasteiger partial charge in [-0.15, -0.1) is 0 Å². The summed E-state index contributed by atoms with van der Waals surface area (Å²) in [6.45, 7) is 6.06. The van der Waals surface area contributed by atoms with E-state index in [0.717, 1.165) is 11.6 Å². The van der Waals surface area contributed by atoms with Gasteiger partial charge in [0, 0.05) is 18.2 Å². The van der Waals surface area contributed by atoms with Crippen LogP contribution in [0.5, 0.6) is 0 Å². The first-order valence-corrected chi connectivity index (χ1v) is 9.66. The highest BCUT2D eigenvalue weighted by Gasteiger charge is 2.26. The first kappa shape index (κ1) is 22.4. The molecule has 0 radical (unpaired) electrons. The van der Waals surface area contributed by atoms with Crippen LogP contribution < -0.4 is 10.6 Å². The number of nitrogens with zero attached hydrogens (tertiary/aromatic N) is 1. The molecule has 0 spiro atoms. The fourth-order valence-corrected chi connectivity index (χ4v) is 3.00. The molecule has 0 aliphatic heterocycles. The summed E-state index contributed by atoms with van der Waals surface area (Å²) in [4.78, 5) is 35.6. The number of amides is 2. The van der Waals surface area contributed by atoms with Gasteiger partial charge in [0.25, 0.3) is 11.6 Å². The third kappa shape index (κ3) is 6.02. The van der Waals surface area contributed by atoms with Gasteiger partial charge in [0.15, 0.2) is 0 Å². The van der Waals surface area contributed by atoms with Crippen LogP contribution in [0.25, 0.3) is 0 Å². The number of hydrogen-bond acceptors (Lipinski definition) is 4. The lowest BCUT2D eigenvalue weighted by Gasteiger charge is -2.23. The molecular weight excluding hydrogens is 394 g/mol. The summed E-state index contributed by atoms with van der Waals surface area (Å²) in [5, 5.41) is 16.5. The average Bonchev–Trinajstić information content (AvgIpc) is 2.70. The summed E-state index contributed by atoms with van der Waals surface area (Å²) < 4.78 is 0. The Morgan fingerprint density at radius 1 is 1.10 bits per heavy atom. The minimum Gasteiger partial charge on any atom is -0.354 e. The fraction of sp³-hybridized carbons (Fsp3) is 0.333. The van der Waals surface area contributed by atoms with E-state index in [1.54, 1.807) is 0 Å². The third-order valence-electron chi connectivity index (χ3n) is 4.59. The first-order chi connectivity index (χ1) is 13.7. The lowest BCUT2D eigenvalue weighted by molar-refractivity contribution is -0.384. The Labute approximate surface area is 174 Å². The number of hydrogen-bond donors (Lipinski definition) is 2. The number of nitro groups is 1. The fourth-order valence-electron chi connectivity index (χ4n) is 2.82. The molecule has 2 N–H and O–H groups in total. The molecule has 0 aliphatic carbocycles. The average molecular weight is 418 g/mol. The summed E-state index contributed by atoms with van der Waals surface area (Å²) in [5.74, 6) is -0.940. The van der Waals surface area contributed by atoms with Gasteiger partial charge in [0.1, 0.15) is 11.1 Å². The van der Waals surface area contributed by atoms with Gasteiger partial charge in [-0.25, -0.2) is 0 Å². The summed E-state index contributed by atoms with van der Waals surface area (Å²) in [6, 6.07) is 12.8. The van der Waals surface area contributed by atoms with E-state index in [9.17, 15) is 19.7 Å². The van der Waals surface area contributed by atoms with Crippen molar-refractivity contribution < 1.29 is 14.5 Å². The second-order valence-corrected chi connectivity index (χ2v) is 7.58. The molecular formula is C21H24ClN3O4. The van der Waals surface area contributed by atoms with Gasteiger partial charge in [-0.1, -0.05) is 62.7 Å². The SMILES string of the molecule is CC(C)[C@H](NC(=O)c1ccc(Cl)c([N+](=O)[O-])c1)C(=O)NC[C@H](C)c1ccccc1. The highest BCUT2D eigenvalue weighted by Crippen LogP contribution is 2.25. The van der Waals surface area contributed by atoms with E-state index in [-0.39, 0.29) is 34.0 Å². The molecule has 0 unspecified atom stereocenters. The van der Waals surface area contributed by atoms with E-state index in [0.29, 0.717) is 6.54 Å². The number of carbonyl (C=O) groups is 2. The van der Waals surface area contributed by atoms with E-state index >= 15 is 0 Å². The van der Waals surface area contributed by atoms with Gasteiger partial charge in [-0.3, -0.25) is 19.7 Å². The second-order valence-electron chi connectivity index (χ2n) is 7.18. The van der Waals surface area contributed by atoms with Gasteiger partial charge >= 0.3 is 0 Å². The largest absolute Gasteiger partial charge is 0.354 e. The van der Waals surface area contributed by atoms with Crippen LogP contribution in [0.3, 0.4) is 0 Å². The molecule has 0 aromatic heterocycles. The van der Waals surface area contributed by atoms with E-state index in [1.165, 1.54) is 12.1 Å². The van der Waals surface area contributed by atoms with Gasteiger partial charge < -0.3 is 10.6 Å². The molecule has 0 bridgehead atoms. The lowest BCUT2D eigenvalue weighted by atomic mass is 10.00. The van der Waals surface area contributed by atoms with Gasteiger partial charge in [0.2, 0.25) is 5.91 Å². The number of halogens is 1. The van der Waals surface area contributed by atoms with Gasteiger partial charge in [-0.2, -0.15) is 0 Å². The molecule has 0 heterocycles. The van der Waals surface area contributed by atoms with Crippen LogP contribution in [-0.4, -0.2) is 29.3 Å². The lowest BCUT2D eigenvalue weighted by Crippen LogP contribution is -2.50. The second kappa shape index (κ2) is 10.0. The minimum atomic E-state index is -0.778. The Balaban J connectivity index is 2.05. The van der Waals surface area contributed by atoms with Crippen molar-refractivity contribution in [3.63, 3.8) is 0 Å². The Hall–Kier alpha value is -2.93. The van der Waals surface area contributed by atoms with Crippen molar-refractivity contribution in [1.82, 2.24) is 10.6 Å². The molecule has 0 saturated carbocycles. The maximum atomic E-state index is 12.7. The summed E-state index contributed by atoms with van der Waals surface area (Å²) in [5.41, 5.74) is 0.810. The maximum absolute atomic E-state index is 12.7. The van der Waals surface area contributed by atoms with Crippen molar-refractivity contribution >= 4 is 29.1 Å². The standard InChI is InChI=1S/C21H24ClN3O4/c1-13(2)19(21(27)23-12-14(3)15-7-5-4-6-8-15)24-20(26)16-9-10-17(22)18(11-16)25(28)29/h4-11,13-14,19H,12H2,1-3H3,(H,23,27)(H,24,26)/t14-,19-/m0/s1. The van der Waals surface area contributed by atoms with Crippen LogP contribution in [0.15, 0.2) is 48.5 Å². The minimum absolute atomic E-state index is 0.0559. The van der Waals surface area contributed by atoms with Crippen LogP contribution in [0, 0.1) is 16.0 Å². The number of carbonyl (C=O) groups excluding carboxylic acids is 2. The number of benzene rings is 2. The first-order valence-electron chi connectivity index (χ1n) is 9.28. The number of rotatable bonds is 8. The molecule has 8 heteroatoms. The predicted molar refractivity (Wildman–Crippen MR) is 112 cm³/mol. The molecule has 2 amide bonds. The van der Waals surface area contributed by atoms with Crippen molar-refractivity contribution in [3.05, 3.63) is 74.8 Å². The molecule has 0 saturated heterocycles. The van der Waals surface area contributed by atoms with Crippen LogP contribution in [0.4, 0.5) is 5.69 Å². The Bertz CT molecular complexity index is 887. The number of nitrogens with one attached hydrogen (secondary N) is 2. The smallest absolute Gasteiger partial charge is 0.288 e. The van der Waals surface area contributed by atoms with Crippen LogP contribution >= 0.6 is 11.6 Å². The molecule has 7 nitrogen and oxygen atoms in total. The topological polar surface area (TPSA) is 101 Å². The Morgan fingerprint density at radius 2 is 1.76 bits per heavy atom. The third-order valence-corrected chi connectivity index (χ3v) is 4.91. The molecule has 2 rings (SSSR count). The zero-order chi connectivity index (χ0) is 21.6.